The predicted molar refractivity (Wildman–Crippen MR) is 110 cm³/mol. The SMILES string of the molecule is CC.C\C=C/C=c1/[nH]cc(C2=CCC3(CCCO3)CC2)/c1=C\CCC. The van der Waals surface area contributed by atoms with Gasteiger partial charge in [-0.15, -0.1) is 0 Å². The number of rotatable bonds is 4. The summed E-state index contributed by atoms with van der Waals surface area (Å²) in [4.78, 5) is 3.47. The lowest BCUT2D eigenvalue weighted by Crippen LogP contribution is -2.30. The van der Waals surface area contributed by atoms with E-state index in [1.54, 1.807) is 0 Å². The van der Waals surface area contributed by atoms with Gasteiger partial charge in [0, 0.05) is 28.9 Å². The number of unbranched alkanes of at least 4 members (excludes halogenated alkanes) is 1. The van der Waals surface area contributed by atoms with Gasteiger partial charge in [0.2, 0.25) is 0 Å². The Kier molecular flexibility index (Phi) is 7.77. The molecule has 1 N–H and O–H groups in total. The topological polar surface area (TPSA) is 25.0 Å². The molecule has 0 amide bonds. The minimum absolute atomic E-state index is 0.160. The van der Waals surface area contributed by atoms with Gasteiger partial charge in [0.05, 0.1) is 5.60 Å². The molecule has 25 heavy (non-hydrogen) atoms. The number of hydrogen-bond donors (Lipinski definition) is 1. The maximum Gasteiger partial charge on any atom is 0.0721 e. The van der Waals surface area contributed by atoms with Crippen molar-refractivity contribution in [2.24, 2.45) is 0 Å². The van der Waals surface area contributed by atoms with Gasteiger partial charge < -0.3 is 9.72 Å². The van der Waals surface area contributed by atoms with Gasteiger partial charge in [0.25, 0.3) is 0 Å². The van der Waals surface area contributed by atoms with E-state index in [0.29, 0.717) is 0 Å². The van der Waals surface area contributed by atoms with Crippen LogP contribution in [-0.4, -0.2) is 17.2 Å². The van der Waals surface area contributed by atoms with Crippen LogP contribution < -0.4 is 10.6 Å². The first-order valence-electron chi connectivity index (χ1n) is 10.1. The van der Waals surface area contributed by atoms with Gasteiger partial charge in [0.15, 0.2) is 0 Å². The van der Waals surface area contributed by atoms with Gasteiger partial charge in [-0.25, -0.2) is 0 Å². The van der Waals surface area contributed by atoms with Crippen molar-refractivity contribution in [3.63, 3.8) is 0 Å². The Bertz CT molecular complexity index is 699. The van der Waals surface area contributed by atoms with E-state index in [2.05, 4.69) is 55.4 Å². The third kappa shape index (κ3) is 4.76. The van der Waals surface area contributed by atoms with Crippen LogP contribution in [0.1, 0.15) is 78.2 Å². The third-order valence-corrected chi connectivity index (χ3v) is 5.15. The lowest BCUT2D eigenvalue weighted by Gasteiger charge is -2.31. The first-order chi connectivity index (χ1) is 12.3. The van der Waals surface area contributed by atoms with Gasteiger partial charge in [-0.2, -0.15) is 0 Å². The van der Waals surface area contributed by atoms with E-state index in [1.165, 1.54) is 47.4 Å². The highest BCUT2D eigenvalue weighted by Crippen LogP contribution is 2.40. The van der Waals surface area contributed by atoms with Gasteiger partial charge in [-0.05, 0) is 57.1 Å². The zero-order valence-electron chi connectivity index (χ0n) is 16.5. The molecule has 1 unspecified atom stereocenters. The molecular formula is C23H35NO. The minimum atomic E-state index is 0.160. The summed E-state index contributed by atoms with van der Waals surface area (Å²) in [5, 5.41) is 2.60. The second-order valence-corrected chi connectivity index (χ2v) is 6.78. The van der Waals surface area contributed by atoms with Crippen LogP contribution in [0, 0.1) is 0 Å². The van der Waals surface area contributed by atoms with Crippen molar-refractivity contribution in [3.8, 4) is 0 Å². The van der Waals surface area contributed by atoms with Crippen LogP contribution in [0.15, 0.2) is 24.4 Å². The maximum atomic E-state index is 6.04. The van der Waals surface area contributed by atoms with Crippen molar-refractivity contribution in [1.82, 2.24) is 4.98 Å². The van der Waals surface area contributed by atoms with Gasteiger partial charge >= 0.3 is 0 Å². The molecule has 1 fully saturated rings. The van der Waals surface area contributed by atoms with E-state index in [9.17, 15) is 0 Å². The molecule has 1 aromatic heterocycles. The molecule has 1 aliphatic carbocycles. The number of nitrogens with one attached hydrogen (secondary N) is 1. The summed E-state index contributed by atoms with van der Waals surface area (Å²) in [6, 6.07) is 0. The van der Waals surface area contributed by atoms with E-state index < -0.39 is 0 Å². The highest BCUT2D eigenvalue weighted by atomic mass is 16.5. The Morgan fingerprint density at radius 1 is 1.28 bits per heavy atom. The maximum absolute atomic E-state index is 6.04. The number of aromatic nitrogens is 1. The highest BCUT2D eigenvalue weighted by Gasteiger charge is 2.36. The molecule has 2 aliphatic rings. The molecule has 1 saturated heterocycles. The summed E-state index contributed by atoms with van der Waals surface area (Å²) in [7, 11) is 0. The average Bonchev–Trinajstić information content (AvgIpc) is 3.28. The summed E-state index contributed by atoms with van der Waals surface area (Å²) >= 11 is 0. The summed E-state index contributed by atoms with van der Waals surface area (Å²) in [5.41, 5.74) is 3.04. The standard InChI is InChI=1S/C21H29NO.C2H6/c1-3-5-8-18-19(16-22-20(18)9-6-4-2)17-10-13-21(14-11-17)12-7-15-23-21;1-2/h4,6,8-10,16,22H,3,5,7,11-15H2,1-2H3;1-2H3/b6-4-,18-8+,20-9+;. The molecule has 2 nitrogen and oxygen atoms in total. The van der Waals surface area contributed by atoms with E-state index >= 15 is 0 Å². The van der Waals surface area contributed by atoms with Gasteiger partial charge in [-0.1, -0.05) is 51.5 Å². The normalized spacial score (nSPS) is 24.7. The Balaban J connectivity index is 0.00000109. The molecule has 2 heterocycles. The summed E-state index contributed by atoms with van der Waals surface area (Å²) in [5.74, 6) is 0. The number of ether oxygens (including phenoxy) is 1. The Morgan fingerprint density at radius 3 is 2.72 bits per heavy atom. The average molecular weight is 342 g/mol. The molecular weight excluding hydrogens is 306 g/mol. The lowest BCUT2D eigenvalue weighted by atomic mass is 9.82. The number of H-pyrrole nitrogens is 1. The fourth-order valence-corrected chi connectivity index (χ4v) is 3.79. The molecule has 0 aromatic carbocycles. The van der Waals surface area contributed by atoms with Gasteiger partial charge in [-0.3, -0.25) is 0 Å². The van der Waals surface area contributed by atoms with Crippen LogP contribution in [0.4, 0.5) is 0 Å². The zero-order valence-corrected chi connectivity index (χ0v) is 16.5. The quantitative estimate of drug-likeness (QED) is 0.810. The van der Waals surface area contributed by atoms with Crippen molar-refractivity contribution in [2.45, 2.75) is 78.2 Å². The molecule has 1 spiro atoms. The molecule has 1 aliphatic heterocycles. The Labute approximate surface area is 153 Å². The molecule has 0 saturated carbocycles. The van der Waals surface area contributed by atoms with E-state index in [1.807, 2.05) is 13.8 Å². The molecule has 2 heteroatoms. The van der Waals surface area contributed by atoms with Crippen molar-refractivity contribution < 1.29 is 4.74 Å². The van der Waals surface area contributed by atoms with Crippen molar-refractivity contribution >= 4 is 17.7 Å². The number of allylic oxidation sites excluding steroid dienone is 3. The fourth-order valence-electron chi connectivity index (χ4n) is 3.79. The number of aromatic amines is 1. The largest absolute Gasteiger partial charge is 0.375 e. The van der Waals surface area contributed by atoms with Gasteiger partial charge in [0.1, 0.15) is 0 Å². The molecule has 138 valence electrons. The molecule has 0 radical (unpaired) electrons. The summed E-state index contributed by atoms with van der Waals surface area (Å²) in [6.07, 6.45) is 21.5. The monoisotopic (exact) mass is 341 g/mol. The van der Waals surface area contributed by atoms with Crippen molar-refractivity contribution in [2.75, 3.05) is 6.61 Å². The lowest BCUT2D eigenvalue weighted by molar-refractivity contribution is -0.00159. The Morgan fingerprint density at radius 2 is 2.12 bits per heavy atom. The second kappa shape index (κ2) is 9.82. The third-order valence-electron chi connectivity index (χ3n) is 5.15. The molecule has 3 rings (SSSR count). The molecule has 1 aromatic rings. The minimum Gasteiger partial charge on any atom is -0.375 e. The first kappa shape index (κ1) is 19.8. The summed E-state index contributed by atoms with van der Waals surface area (Å²) < 4.78 is 6.04. The van der Waals surface area contributed by atoms with Crippen LogP contribution in [0.5, 0.6) is 0 Å². The first-order valence-corrected chi connectivity index (χ1v) is 10.1. The van der Waals surface area contributed by atoms with E-state index in [-0.39, 0.29) is 5.60 Å². The van der Waals surface area contributed by atoms with Crippen LogP contribution in [0.3, 0.4) is 0 Å². The van der Waals surface area contributed by atoms with Crippen LogP contribution in [0.25, 0.3) is 17.7 Å². The molecule has 0 bridgehead atoms. The van der Waals surface area contributed by atoms with Crippen molar-refractivity contribution in [1.29, 1.82) is 0 Å². The van der Waals surface area contributed by atoms with E-state index in [0.717, 1.165) is 25.9 Å². The van der Waals surface area contributed by atoms with Crippen LogP contribution >= 0.6 is 0 Å². The highest BCUT2D eigenvalue weighted by molar-refractivity contribution is 5.68. The van der Waals surface area contributed by atoms with Crippen LogP contribution in [0.2, 0.25) is 0 Å². The smallest absolute Gasteiger partial charge is 0.0721 e. The van der Waals surface area contributed by atoms with E-state index in [4.69, 9.17) is 4.74 Å². The number of hydrogen-bond acceptors (Lipinski definition) is 1. The van der Waals surface area contributed by atoms with Crippen molar-refractivity contribution in [3.05, 3.63) is 40.6 Å². The Hall–Kier alpha value is -1.54. The fraction of sp³-hybridized carbons (Fsp3) is 0.565. The molecule has 1 atom stereocenters. The van der Waals surface area contributed by atoms with Crippen LogP contribution in [-0.2, 0) is 4.74 Å². The summed E-state index contributed by atoms with van der Waals surface area (Å²) in [6.45, 7) is 9.24. The predicted octanol–water partition coefficient (Wildman–Crippen LogP) is 5.09. The zero-order chi connectivity index (χ0) is 18.1. The second-order valence-electron chi connectivity index (χ2n) is 6.78.